The van der Waals surface area contributed by atoms with Gasteiger partial charge in [0.05, 0.1) is 0 Å². The Morgan fingerprint density at radius 1 is 1.07 bits per heavy atom. The van der Waals surface area contributed by atoms with Crippen LogP contribution in [-0.2, 0) is 14.3 Å². The Kier molecular flexibility index (Phi) is 9.38. The maximum atomic E-state index is 13.0. The molecule has 1 saturated carbocycles. The predicted octanol–water partition coefficient (Wildman–Crippen LogP) is 5.63. The van der Waals surface area contributed by atoms with Crippen molar-refractivity contribution in [2.24, 2.45) is 4.99 Å². The minimum Gasteiger partial charge on any atom is -0.459 e. The fourth-order valence-corrected chi connectivity index (χ4v) is 4.55. The highest BCUT2D eigenvalue weighted by Crippen LogP contribution is 2.32. The second kappa shape index (κ2) is 11.5. The Bertz CT molecular complexity index is 632. The molecule has 0 aromatic carbocycles. The fourth-order valence-electron chi connectivity index (χ4n) is 4.55. The van der Waals surface area contributed by atoms with E-state index in [1.165, 1.54) is 6.42 Å². The average molecular weight is 405 g/mol. The number of hydrogen-bond donors (Lipinski definition) is 1. The number of esters is 1. The summed E-state index contributed by atoms with van der Waals surface area (Å²) in [5, 5.41) is 3.04. The molecule has 0 radical (unpaired) electrons. The summed E-state index contributed by atoms with van der Waals surface area (Å²) < 4.78 is 5.86. The van der Waals surface area contributed by atoms with Crippen LogP contribution in [0.3, 0.4) is 0 Å². The van der Waals surface area contributed by atoms with Crippen LogP contribution in [0, 0.1) is 0 Å². The normalized spacial score (nSPS) is 23.4. The molecule has 1 unspecified atom stereocenters. The number of rotatable bonds is 11. The van der Waals surface area contributed by atoms with Gasteiger partial charge in [0.15, 0.2) is 0 Å². The lowest BCUT2D eigenvalue weighted by Gasteiger charge is -2.23. The van der Waals surface area contributed by atoms with Crippen LogP contribution in [0.15, 0.2) is 16.1 Å². The highest BCUT2D eigenvalue weighted by molar-refractivity contribution is 6.17. The van der Waals surface area contributed by atoms with Crippen molar-refractivity contribution in [3.05, 3.63) is 11.1 Å². The van der Waals surface area contributed by atoms with Gasteiger partial charge in [0.1, 0.15) is 17.5 Å². The largest absolute Gasteiger partial charge is 0.459 e. The van der Waals surface area contributed by atoms with Crippen LogP contribution in [0.4, 0.5) is 0 Å². The third-order valence-corrected chi connectivity index (χ3v) is 6.16. The number of amides is 1. The summed E-state index contributed by atoms with van der Waals surface area (Å²) >= 11 is 0. The number of amidine groups is 1. The monoisotopic (exact) mass is 404 g/mol. The van der Waals surface area contributed by atoms with Gasteiger partial charge in [-0.1, -0.05) is 59.8 Å². The van der Waals surface area contributed by atoms with Gasteiger partial charge in [-0.05, 0) is 51.4 Å². The van der Waals surface area contributed by atoms with E-state index >= 15 is 0 Å². The molecule has 1 atom stereocenters. The van der Waals surface area contributed by atoms with E-state index in [9.17, 15) is 9.59 Å². The maximum absolute atomic E-state index is 13.0. The van der Waals surface area contributed by atoms with Gasteiger partial charge in [-0.25, -0.2) is 4.79 Å². The van der Waals surface area contributed by atoms with E-state index in [1.807, 2.05) is 6.92 Å². The Balaban J connectivity index is 2.33. The first-order chi connectivity index (χ1) is 14.0. The number of carbonyl (C=O) groups is 2. The molecule has 2 aliphatic rings. The van der Waals surface area contributed by atoms with Gasteiger partial charge < -0.3 is 10.1 Å². The molecular weight excluding hydrogens is 364 g/mol. The van der Waals surface area contributed by atoms with Gasteiger partial charge in [-0.15, -0.1) is 0 Å². The molecule has 0 aromatic heterocycles. The Morgan fingerprint density at radius 2 is 1.79 bits per heavy atom. The Labute approximate surface area is 176 Å². The molecule has 0 spiro atoms. The molecule has 164 valence electrons. The van der Waals surface area contributed by atoms with E-state index in [2.05, 4.69) is 26.1 Å². The van der Waals surface area contributed by atoms with Crippen LogP contribution in [0.2, 0.25) is 0 Å². The lowest BCUT2D eigenvalue weighted by molar-refractivity contribution is -0.145. The molecule has 1 N–H and O–H groups in total. The van der Waals surface area contributed by atoms with Crippen molar-refractivity contribution < 1.29 is 14.3 Å². The van der Waals surface area contributed by atoms with Gasteiger partial charge in [0.25, 0.3) is 5.91 Å². The summed E-state index contributed by atoms with van der Waals surface area (Å²) in [5.74, 6) is 0.382. The molecule has 1 fully saturated rings. The lowest BCUT2D eigenvalue weighted by Crippen LogP contribution is -2.40. The number of hydrogen-bond acceptors (Lipinski definition) is 4. The number of nitrogens with zero attached hydrogens (tertiary/aromatic N) is 1. The van der Waals surface area contributed by atoms with Crippen LogP contribution in [0.1, 0.15) is 111 Å². The van der Waals surface area contributed by atoms with E-state index in [1.54, 1.807) is 0 Å². The maximum Gasteiger partial charge on any atom is 0.334 e. The Hall–Kier alpha value is -1.65. The number of carbonyl (C=O) groups excluding carboxylic acids is 2. The number of aliphatic imine (C=N–C) groups is 1. The van der Waals surface area contributed by atoms with Gasteiger partial charge in [-0.2, -0.15) is 0 Å². The van der Waals surface area contributed by atoms with Crippen molar-refractivity contribution in [1.29, 1.82) is 0 Å². The number of ether oxygens (including phenoxy) is 1. The first-order valence-corrected chi connectivity index (χ1v) is 11.9. The van der Waals surface area contributed by atoms with E-state index < -0.39 is 5.54 Å². The number of unbranched alkanes of at least 4 members (excludes halogenated alkanes) is 1. The van der Waals surface area contributed by atoms with Crippen molar-refractivity contribution in [2.45, 2.75) is 123 Å². The summed E-state index contributed by atoms with van der Waals surface area (Å²) in [5.41, 5.74) is 0.878. The van der Waals surface area contributed by atoms with E-state index in [0.717, 1.165) is 76.2 Å². The Morgan fingerprint density at radius 3 is 2.38 bits per heavy atom. The van der Waals surface area contributed by atoms with Gasteiger partial charge in [-0.3, -0.25) is 9.79 Å². The molecule has 1 amide bonds. The quantitative estimate of drug-likeness (QED) is 0.359. The topological polar surface area (TPSA) is 67.8 Å². The summed E-state index contributed by atoms with van der Waals surface area (Å²) in [6.45, 7) is 8.31. The molecule has 2 rings (SSSR count). The number of nitrogens with one attached hydrogen (secondary N) is 1. The van der Waals surface area contributed by atoms with Crippen molar-refractivity contribution in [1.82, 2.24) is 5.32 Å². The van der Waals surface area contributed by atoms with Gasteiger partial charge in [0, 0.05) is 11.1 Å². The van der Waals surface area contributed by atoms with Crippen LogP contribution in [0.25, 0.3) is 0 Å². The van der Waals surface area contributed by atoms with Crippen LogP contribution < -0.4 is 5.32 Å². The zero-order valence-electron chi connectivity index (χ0n) is 18.9. The zero-order valence-corrected chi connectivity index (χ0v) is 18.9. The van der Waals surface area contributed by atoms with Gasteiger partial charge in [0.2, 0.25) is 0 Å². The van der Waals surface area contributed by atoms with Crippen LogP contribution in [-0.4, -0.2) is 29.4 Å². The van der Waals surface area contributed by atoms with Crippen molar-refractivity contribution in [2.75, 3.05) is 0 Å². The minimum atomic E-state index is -0.675. The minimum absolute atomic E-state index is 0.00694. The average Bonchev–Trinajstić information content (AvgIpc) is 3.03. The highest BCUT2D eigenvalue weighted by Gasteiger charge is 2.43. The molecule has 5 nitrogen and oxygen atoms in total. The molecule has 1 aliphatic carbocycles. The molecule has 29 heavy (non-hydrogen) atoms. The van der Waals surface area contributed by atoms with Gasteiger partial charge >= 0.3 is 5.97 Å². The smallest absolute Gasteiger partial charge is 0.334 e. The zero-order chi connectivity index (χ0) is 21.3. The summed E-state index contributed by atoms with van der Waals surface area (Å²) in [6, 6.07) is 0. The van der Waals surface area contributed by atoms with Crippen LogP contribution >= 0.6 is 0 Å². The molecule has 5 heteroatoms. The third kappa shape index (κ3) is 5.93. The molecule has 0 bridgehead atoms. The summed E-state index contributed by atoms with van der Waals surface area (Å²) in [6.07, 6.45) is 12.1. The predicted molar refractivity (Wildman–Crippen MR) is 118 cm³/mol. The first kappa shape index (κ1) is 23.6. The van der Waals surface area contributed by atoms with Crippen molar-refractivity contribution in [3.63, 3.8) is 0 Å². The summed E-state index contributed by atoms with van der Waals surface area (Å²) in [4.78, 5) is 30.9. The molecule has 0 aromatic rings. The molecule has 1 heterocycles. The van der Waals surface area contributed by atoms with E-state index in [4.69, 9.17) is 9.73 Å². The van der Waals surface area contributed by atoms with Crippen LogP contribution in [0.5, 0.6) is 0 Å². The van der Waals surface area contributed by atoms with E-state index in [0.29, 0.717) is 17.8 Å². The van der Waals surface area contributed by atoms with E-state index in [-0.39, 0.29) is 18.0 Å². The third-order valence-electron chi connectivity index (χ3n) is 6.16. The second-order valence-corrected chi connectivity index (χ2v) is 8.53. The fraction of sp³-hybridized carbons (Fsp3) is 0.792. The highest BCUT2D eigenvalue weighted by atomic mass is 16.5. The first-order valence-electron chi connectivity index (χ1n) is 11.9. The molecule has 1 aliphatic heterocycles. The van der Waals surface area contributed by atoms with Crippen molar-refractivity contribution in [3.8, 4) is 0 Å². The molecule has 0 saturated heterocycles. The summed E-state index contributed by atoms with van der Waals surface area (Å²) in [7, 11) is 0. The van der Waals surface area contributed by atoms with Crippen molar-refractivity contribution >= 4 is 17.7 Å². The SMILES string of the molecule is CCCCC1(CCC)N=C(/C(CCC)=C(/CC)C(=O)OC2CCCCC2)NC1=O. The standard InChI is InChI=1S/C24H40N2O3/c1-5-9-17-24(16-7-3)23(28)25-21(26-24)20(13-6-2)19(8-4)22(27)29-18-14-11-10-12-15-18/h18H,5-17H2,1-4H3,(H,25,26,28)/b20-19-. The molecular formula is C24H40N2O3. The lowest BCUT2D eigenvalue weighted by atomic mass is 9.88. The second-order valence-electron chi connectivity index (χ2n) is 8.53.